The van der Waals surface area contributed by atoms with Crippen molar-refractivity contribution in [2.45, 2.75) is 4.90 Å². The third-order valence-electron chi connectivity index (χ3n) is 1.01. The number of hydrogen-bond acceptors (Lipinski definition) is 2. The number of thiocarbonyl (C=S) groups is 1. The molecule has 0 fully saturated rings. The van der Waals surface area contributed by atoms with Crippen LogP contribution in [0.4, 0.5) is 0 Å². The van der Waals surface area contributed by atoms with Gasteiger partial charge < -0.3 is 5.73 Å². The summed E-state index contributed by atoms with van der Waals surface area (Å²) in [6, 6.07) is 7.41. The third kappa shape index (κ3) is 3.10. The van der Waals surface area contributed by atoms with Crippen LogP contribution in [0.2, 0.25) is 5.02 Å². The lowest BCUT2D eigenvalue weighted by molar-refractivity contribution is 1.47. The maximum atomic E-state index is 5.73. The van der Waals surface area contributed by atoms with Gasteiger partial charge in [0.15, 0.2) is 0 Å². The molecule has 2 N–H and O–H groups in total. The Labute approximate surface area is 79.9 Å². The van der Waals surface area contributed by atoms with E-state index in [4.69, 9.17) is 29.6 Å². The van der Waals surface area contributed by atoms with Crippen LogP contribution in [0.25, 0.3) is 0 Å². The Hall–Kier alpha value is -0.250. The Balaban J connectivity index is 2.79. The summed E-state index contributed by atoms with van der Waals surface area (Å²) in [5.41, 5.74) is 5.33. The van der Waals surface area contributed by atoms with Gasteiger partial charge in [-0.25, -0.2) is 0 Å². The minimum Gasteiger partial charge on any atom is -0.384 e. The van der Waals surface area contributed by atoms with Crippen molar-refractivity contribution in [2.75, 3.05) is 0 Å². The van der Waals surface area contributed by atoms with Crippen molar-refractivity contribution >= 4 is 39.9 Å². The van der Waals surface area contributed by atoms with Gasteiger partial charge in [-0.15, -0.1) is 0 Å². The maximum Gasteiger partial charge on any atom is 0.135 e. The van der Waals surface area contributed by atoms with Gasteiger partial charge in [0.1, 0.15) is 4.32 Å². The van der Waals surface area contributed by atoms with Crippen LogP contribution in [0.5, 0.6) is 0 Å². The molecule has 4 heteroatoms. The van der Waals surface area contributed by atoms with Gasteiger partial charge in [0.25, 0.3) is 0 Å². The molecule has 0 heterocycles. The predicted molar refractivity (Wildman–Crippen MR) is 54.1 cm³/mol. The van der Waals surface area contributed by atoms with Crippen LogP contribution in [-0.2, 0) is 0 Å². The molecule has 11 heavy (non-hydrogen) atoms. The van der Waals surface area contributed by atoms with E-state index in [0.717, 1.165) is 4.90 Å². The maximum absolute atomic E-state index is 5.73. The smallest absolute Gasteiger partial charge is 0.135 e. The van der Waals surface area contributed by atoms with Gasteiger partial charge in [-0.1, -0.05) is 41.6 Å². The molecule has 0 aliphatic heterocycles. The van der Waals surface area contributed by atoms with Gasteiger partial charge >= 0.3 is 0 Å². The summed E-state index contributed by atoms with van der Waals surface area (Å²) in [5.74, 6) is 0. The first-order valence-corrected chi connectivity index (χ1v) is 4.51. The van der Waals surface area contributed by atoms with Crippen molar-refractivity contribution in [2.24, 2.45) is 5.73 Å². The molecule has 1 aromatic rings. The van der Waals surface area contributed by atoms with Gasteiger partial charge in [-0.2, -0.15) is 0 Å². The fourth-order valence-corrected chi connectivity index (χ4v) is 1.76. The van der Waals surface area contributed by atoms with E-state index in [-0.39, 0.29) is 0 Å². The standard InChI is InChI=1S/C7H6ClNS2/c8-5-2-1-3-6(4-5)11-7(9)10/h1-4H,(H2,9,10). The normalized spacial score (nSPS) is 9.55. The van der Waals surface area contributed by atoms with Gasteiger partial charge in [0, 0.05) is 9.92 Å². The summed E-state index contributed by atoms with van der Waals surface area (Å²) in [6.07, 6.45) is 0. The second kappa shape index (κ2) is 3.95. The van der Waals surface area contributed by atoms with E-state index in [1.807, 2.05) is 24.3 Å². The lowest BCUT2D eigenvalue weighted by Gasteiger charge is -1.97. The monoisotopic (exact) mass is 203 g/mol. The molecule has 0 aliphatic carbocycles. The molecular formula is C7H6ClNS2. The van der Waals surface area contributed by atoms with Crippen molar-refractivity contribution in [3.05, 3.63) is 29.3 Å². The molecule has 58 valence electrons. The third-order valence-corrected chi connectivity index (χ3v) is 2.19. The number of hydrogen-bond donors (Lipinski definition) is 1. The summed E-state index contributed by atoms with van der Waals surface area (Å²) in [5, 5.41) is 0.700. The van der Waals surface area contributed by atoms with Crippen LogP contribution in [0.3, 0.4) is 0 Å². The van der Waals surface area contributed by atoms with E-state index < -0.39 is 0 Å². The molecule has 1 rings (SSSR count). The molecule has 1 nitrogen and oxygen atoms in total. The van der Waals surface area contributed by atoms with Gasteiger partial charge in [-0.3, -0.25) is 0 Å². The lowest BCUT2D eigenvalue weighted by Crippen LogP contribution is -2.00. The minimum atomic E-state index is 0.410. The Morgan fingerprint density at radius 1 is 1.55 bits per heavy atom. The van der Waals surface area contributed by atoms with Crippen LogP contribution in [-0.4, -0.2) is 4.32 Å². The number of thioether (sulfide) groups is 1. The highest BCUT2D eigenvalue weighted by Crippen LogP contribution is 2.21. The summed E-state index contributed by atoms with van der Waals surface area (Å²) in [4.78, 5) is 0.977. The van der Waals surface area contributed by atoms with E-state index in [1.165, 1.54) is 11.8 Å². The Kier molecular flexibility index (Phi) is 3.17. The zero-order chi connectivity index (χ0) is 8.27. The number of rotatable bonds is 1. The van der Waals surface area contributed by atoms with Gasteiger partial charge in [0.05, 0.1) is 0 Å². The minimum absolute atomic E-state index is 0.410. The zero-order valence-electron chi connectivity index (χ0n) is 5.58. The second-order valence-electron chi connectivity index (χ2n) is 1.88. The molecule has 0 amide bonds. The van der Waals surface area contributed by atoms with Crippen molar-refractivity contribution in [3.63, 3.8) is 0 Å². The van der Waals surface area contributed by atoms with Crippen LogP contribution in [0.1, 0.15) is 0 Å². The van der Waals surface area contributed by atoms with E-state index in [2.05, 4.69) is 0 Å². The second-order valence-corrected chi connectivity index (χ2v) is 4.13. The van der Waals surface area contributed by atoms with E-state index in [1.54, 1.807) is 0 Å². The molecule has 0 bridgehead atoms. The highest BCUT2D eigenvalue weighted by Gasteiger charge is 1.95. The molecule has 0 saturated heterocycles. The quantitative estimate of drug-likeness (QED) is 0.562. The fraction of sp³-hybridized carbons (Fsp3) is 0. The molecule has 0 radical (unpaired) electrons. The Morgan fingerprint density at radius 2 is 2.27 bits per heavy atom. The van der Waals surface area contributed by atoms with E-state index >= 15 is 0 Å². The number of nitrogens with two attached hydrogens (primary N) is 1. The molecule has 0 unspecified atom stereocenters. The first kappa shape index (κ1) is 8.84. The average molecular weight is 204 g/mol. The van der Waals surface area contributed by atoms with Crippen LogP contribution < -0.4 is 5.73 Å². The van der Waals surface area contributed by atoms with Crippen LogP contribution >= 0.6 is 35.6 Å². The molecule has 0 aromatic heterocycles. The summed E-state index contributed by atoms with van der Waals surface area (Å²) in [7, 11) is 0. The molecule has 0 saturated carbocycles. The number of halogens is 1. The first-order valence-electron chi connectivity index (χ1n) is 2.91. The highest BCUT2D eigenvalue weighted by atomic mass is 35.5. The Bertz CT molecular complexity index is 275. The molecule has 0 aliphatic rings. The van der Waals surface area contributed by atoms with E-state index in [9.17, 15) is 0 Å². The van der Waals surface area contributed by atoms with Crippen molar-refractivity contribution in [1.29, 1.82) is 0 Å². The van der Waals surface area contributed by atoms with Gasteiger partial charge in [0.2, 0.25) is 0 Å². The summed E-state index contributed by atoms with van der Waals surface area (Å²) in [6.45, 7) is 0. The first-order chi connectivity index (χ1) is 5.18. The number of benzene rings is 1. The SMILES string of the molecule is NC(=S)Sc1cccc(Cl)c1. The largest absolute Gasteiger partial charge is 0.384 e. The predicted octanol–water partition coefficient (Wildman–Crippen LogP) is 2.68. The molecule has 0 atom stereocenters. The molecular weight excluding hydrogens is 198 g/mol. The van der Waals surface area contributed by atoms with Crippen molar-refractivity contribution < 1.29 is 0 Å². The molecule has 0 spiro atoms. The molecule has 1 aromatic carbocycles. The summed E-state index contributed by atoms with van der Waals surface area (Å²) >= 11 is 11.8. The van der Waals surface area contributed by atoms with E-state index in [0.29, 0.717) is 9.34 Å². The average Bonchev–Trinajstić information content (AvgIpc) is 1.85. The lowest BCUT2D eigenvalue weighted by atomic mass is 10.4. The van der Waals surface area contributed by atoms with Crippen molar-refractivity contribution in [1.82, 2.24) is 0 Å². The van der Waals surface area contributed by atoms with Crippen molar-refractivity contribution in [3.8, 4) is 0 Å². The summed E-state index contributed by atoms with van der Waals surface area (Å²) < 4.78 is 0.410. The fourth-order valence-electron chi connectivity index (χ4n) is 0.647. The van der Waals surface area contributed by atoms with Crippen LogP contribution in [0, 0.1) is 0 Å². The van der Waals surface area contributed by atoms with Gasteiger partial charge in [-0.05, 0) is 18.2 Å². The van der Waals surface area contributed by atoms with Crippen LogP contribution in [0.15, 0.2) is 29.2 Å². The zero-order valence-corrected chi connectivity index (χ0v) is 7.97. The topological polar surface area (TPSA) is 26.0 Å². The Morgan fingerprint density at radius 3 is 2.82 bits per heavy atom. The highest BCUT2D eigenvalue weighted by molar-refractivity contribution is 8.22.